The van der Waals surface area contributed by atoms with Crippen LogP contribution in [0, 0.1) is 0 Å². The first-order valence-electron chi connectivity index (χ1n) is 9.17. The Morgan fingerprint density at radius 1 is 1.28 bits per heavy atom. The summed E-state index contributed by atoms with van der Waals surface area (Å²) in [4.78, 5) is 18.7. The van der Waals surface area contributed by atoms with Crippen LogP contribution in [0.5, 0.6) is 0 Å². The minimum absolute atomic E-state index is 0.228. The van der Waals surface area contributed by atoms with E-state index in [1.165, 1.54) is 11.1 Å². The summed E-state index contributed by atoms with van der Waals surface area (Å²) in [5.41, 5.74) is 2.01. The van der Waals surface area contributed by atoms with Crippen LogP contribution in [-0.4, -0.2) is 44.2 Å². The molecule has 0 spiro atoms. The summed E-state index contributed by atoms with van der Waals surface area (Å²) in [5.74, 6) is 0.585. The molecule has 1 aliphatic carbocycles. The summed E-state index contributed by atoms with van der Waals surface area (Å²) < 4.78 is 1.91. The van der Waals surface area contributed by atoms with Crippen molar-refractivity contribution in [2.24, 2.45) is 0 Å². The molecule has 1 N–H and O–H groups in total. The van der Waals surface area contributed by atoms with Crippen molar-refractivity contribution < 1.29 is 9.90 Å². The average molecular weight is 339 g/mol. The van der Waals surface area contributed by atoms with Crippen LogP contribution in [0.2, 0.25) is 0 Å². The molecule has 5 nitrogen and oxygen atoms in total. The van der Waals surface area contributed by atoms with Gasteiger partial charge in [-0.3, -0.25) is 4.79 Å². The average Bonchev–Trinajstić information content (AvgIpc) is 3.25. The Bertz CT molecular complexity index is 733. The number of carbonyl (C=O) groups excluding carboxylic acids is 1. The van der Waals surface area contributed by atoms with Gasteiger partial charge in [-0.25, -0.2) is 4.98 Å². The van der Waals surface area contributed by atoms with Gasteiger partial charge in [0.05, 0.1) is 18.5 Å². The van der Waals surface area contributed by atoms with E-state index in [2.05, 4.69) is 29.2 Å². The van der Waals surface area contributed by atoms with E-state index in [0.29, 0.717) is 44.8 Å². The number of aromatic nitrogens is 2. The first kappa shape index (κ1) is 16.3. The van der Waals surface area contributed by atoms with E-state index >= 15 is 0 Å². The molecular formula is C20H25N3O2. The summed E-state index contributed by atoms with van der Waals surface area (Å²) in [7, 11) is 0. The smallest absolute Gasteiger partial charge is 0.223 e. The molecule has 0 radical (unpaired) electrons. The topological polar surface area (TPSA) is 58.4 Å². The van der Waals surface area contributed by atoms with E-state index in [1.54, 1.807) is 12.5 Å². The van der Waals surface area contributed by atoms with Gasteiger partial charge in [-0.15, -0.1) is 0 Å². The largest absolute Gasteiger partial charge is 0.388 e. The Balaban J connectivity index is 1.33. The van der Waals surface area contributed by atoms with Crippen molar-refractivity contribution in [2.75, 3.05) is 13.1 Å². The van der Waals surface area contributed by atoms with Gasteiger partial charge in [0.15, 0.2) is 0 Å². The molecule has 1 unspecified atom stereocenters. The highest BCUT2D eigenvalue weighted by molar-refractivity contribution is 5.77. The number of hydrogen-bond acceptors (Lipinski definition) is 3. The zero-order valence-electron chi connectivity index (χ0n) is 14.5. The van der Waals surface area contributed by atoms with Gasteiger partial charge in [-0.05, 0) is 42.7 Å². The third kappa shape index (κ3) is 3.47. The second kappa shape index (κ2) is 6.64. The van der Waals surface area contributed by atoms with Gasteiger partial charge in [-0.1, -0.05) is 24.3 Å². The molecule has 132 valence electrons. The van der Waals surface area contributed by atoms with Gasteiger partial charge in [0.1, 0.15) is 0 Å². The van der Waals surface area contributed by atoms with E-state index < -0.39 is 5.60 Å². The molecule has 1 fully saturated rings. The molecule has 2 heterocycles. The van der Waals surface area contributed by atoms with E-state index in [-0.39, 0.29) is 5.91 Å². The Morgan fingerprint density at radius 2 is 2.08 bits per heavy atom. The zero-order valence-corrected chi connectivity index (χ0v) is 14.5. The molecule has 0 bridgehead atoms. The molecule has 1 atom stereocenters. The van der Waals surface area contributed by atoms with Crippen LogP contribution in [-0.2, 0) is 17.8 Å². The van der Waals surface area contributed by atoms with Gasteiger partial charge in [0, 0.05) is 31.9 Å². The third-order valence-corrected chi connectivity index (χ3v) is 5.76. The number of carbonyl (C=O) groups is 1. The van der Waals surface area contributed by atoms with Crippen LogP contribution in [0.15, 0.2) is 43.0 Å². The van der Waals surface area contributed by atoms with Crippen molar-refractivity contribution in [3.05, 3.63) is 54.1 Å². The minimum atomic E-state index is -0.739. The second-order valence-corrected chi connectivity index (χ2v) is 7.48. The monoisotopic (exact) mass is 339 g/mol. The summed E-state index contributed by atoms with van der Waals surface area (Å²) in [6, 6.07) is 8.49. The molecule has 1 aromatic heterocycles. The maximum absolute atomic E-state index is 12.7. The lowest BCUT2D eigenvalue weighted by Crippen LogP contribution is -2.48. The molecule has 1 aliphatic heterocycles. The van der Waals surface area contributed by atoms with Crippen LogP contribution in [0.25, 0.3) is 0 Å². The number of rotatable bonds is 4. The van der Waals surface area contributed by atoms with Crippen molar-refractivity contribution in [3.63, 3.8) is 0 Å². The molecule has 0 saturated carbocycles. The minimum Gasteiger partial charge on any atom is -0.388 e. The van der Waals surface area contributed by atoms with Gasteiger partial charge < -0.3 is 14.6 Å². The number of aryl methyl sites for hydroxylation is 1. The number of benzene rings is 1. The lowest BCUT2D eigenvalue weighted by atomic mass is 9.90. The van der Waals surface area contributed by atoms with Gasteiger partial charge in [0.25, 0.3) is 0 Å². The summed E-state index contributed by atoms with van der Waals surface area (Å²) in [6.45, 7) is 1.82. The van der Waals surface area contributed by atoms with Crippen LogP contribution in [0.1, 0.15) is 42.7 Å². The van der Waals surface area contributed by atoms with Gasteiger partial charge in [0.2, 0.25) is 5.91 Å². The van der Waals surface area contributed by atoms with Crippen LogP contribution in [0.3, 0.4) is 0 Å². The van der Waals surface area contributed by atoms with E-state index in [0.717, 1.165) is 12.8 Å². The SMILES string of the molecule is O=C(CC1CCc2ccccc21)N1CCC(O)(Cn2ccnc2)CC1. The van der Waals surface area contributed by atoms with Crippen LogP contribution < -0.4 is 0 Å². The first-order chi connectivity index (χ1) is 12.1. The van der Waals surface area contributed by atoms with Crippen molar-refractivity contribution >= 4 is 5.91 Å². The Kier molecular flexibility index (Phi) is 4.34. The quantitative estimate of drug-likeness (QED) is 0.930. The fraction of sp³-hybridized carbons (Fsp3) is 0.500. The number of nitrogens with zero attached hydrogens (tertiary/aromatic N) is 3. The highest BCUT2D eigenvalue weighted by atomic mass is 16.3. The fourth-order valence-corrected chi connectivity index (χ4v) is 4.25. The summed E-state index contributed by atoms with van der Waals surface area (Å²) in [6.07, 6.45) is 9.32. The third-order valence-electron chi connectivity index (χ3n) is 5.76. The number of hydrogen-bond donors (Lipinski definition) is 1. The van der Waals surface area contributed by atoms with Crippen LogP contribution >= 0.6 is 0 Å². The molecule has 1 aromatic carbocycles. The normalized spacial score (nSPS) is 22.0. The molecule has 5 heteroatoms. The zero-order chi connectivity index (χ0) is 17.3. The fourth-order valence-electron chi connectivity index (χ4n) is 4.25. The van der Waals surface area contributed by atoms with Crippen molar-refractivity contribution in [3.8, 4) is 0 Å². The van der Waals surface area contributed by atoms with E-state index in [4.69, 9.17) is 0 Å². The number of likely N-dealkylation sites (tertiary alicyclic amines) is 1. The molecule has 2 aromatic rings. The lowest BCUT2D eigenvalue weighted by Gasteiger charge is -2.38. The lowest BCUT2D eigenvalue weighted by molar-refractivity contribution is -0.136. The molecular weight excluding hydrogens is 314 g/mol. The predicted molar refractivity (Wildman–Crippen MR) is 95.1 cm³/mol. The van der Waals surface area contributed by atoms with Crippen molar-refractivity contribution in [2.45, 2.75) is 50.2 Å². The number of imidazole rings is 1. The standard InChI is InChI=1S/C20H25N3O2/c24-19(13-17-6-5-16-3-1-2-4-18(16)17)23-10-7-20(25,8-11-23)14-22-12-9-21-15-22/h1-4,9,12,15,17,25H,5-8,10-11,13-14H2. The summed E-state index contributed by atoms with van der Waals surface area (Å²) in [5, 5.41) is 10.8. The molecule has 25 heavy (non-hydrogen) atoms. The van der Waals surface area contributed by atoms with E-state index in [9.17, 15) is 9.90 Å². The predicted octanol–water partition coefficient (Wildman–Crippen LogP) is 2.36. The number of fused-ring (bicyclic) bond motifs is 1. The number of amides is 1. The van der Waals surface area contributed by atoms with E-state index in [1.807, 2.05) is 15.7 Å². The molecule has 2 aliphatic rings. The Morgan fingerprint density at radius 3 is 2.84 bits per heavy atom. The maximum atomic E-state index is 12.7. The number of aliphatic hydroxyl groups is 1. The van der Waals surface area contributed by atoms with Crippen molar-refractivity contribution in [1.82, 2.24) is 14.5 Å². The highest BCUT2D eigenvalue weighted by Gasteiger charge is 2.35. The van der Waals surface area contributed by atoms with Gasteiger partial charge in [-0.2, -0.15) is 0 Å². The molecule has 1 amide bonds. The maximum Gasteiger partial charge on any atom is 0.223 e. The van der Waals surface area contributed by atoms with Gasteiger partial charge >= 0.3 is 0 Å². The first-order valence-corrected chi connectivity index (χ1v) is 9.17. The Hall–Kier alpha value is -2.14. The summed E-state index contributed by atoms with van der Waals surface area (Å²) >= 11 is 0. The molecule has 4 rings (SSSR count). The number of piperidine rings is 1. The molecule has 1 saturated heterocycles. The van der Waals surface area contributed by atoms with Crippen LogP contribution in [0.4, 0.5) is 0 Å². The Labute approximate surface area is 148 Å². The second-order valence-electron chi connectivity index (χ2n) is 7.48. The highest BCUT2D eigenvalue weighted by Crippen LogP contribution is 2.36. The van der Waals surface area contributed by atoms with Crippen molar-refractivity contribution in [1.29, 1.82) is 0 Å².